The van der Waals surface area contributed by atoms with Crippen LogP contribution in [0.3, 0.4) is 0 Å². The highest BCUT2D eigenvalue weighted by Gasteiger charge is 2.71. The molecule has 3 aliphatic rings. The molecule has 0 amide bonds. The summed E-state index contributed by atoms with van der Waals surface area (Å²) in [5, 5.41) is 46.5. The molecule has 0 saturated heterocycles. The van der Waals surface area contributed by atoms with Crippen molar-refractivity contribution in [3.8, 4) is 16.9 Å². The van der Waals surface area contributed by atoms with Crippen LogP contribution in [0.15, 0.2) is 83.3 Å². The number of hydrogen-bond acceptors (Lipinski definition) is 7. The molecule has 0 aromatic heterocycles. The zero-order chi connectivity index (χ0) is 34.9. The topological polar surface area (TPSA) is 132 Å². The van der Waals surface area contributed by atoms with Gasteiger partial charge in [0.15, 0.2) is 17.2 Å². The van der Waals surface area contributed by atoms with Crippen molar-refractivity contribution >= 4 is 17.3 Å². The molecule has 48 heavy (non-hydrogen) atoms. The van der Waals surface area contributed by atoms with Gasteiger partial charge in [-0.15, -0.1) is 0 Å². The number of aliphatic hydroxyl groups is 3. The first-order valence-corrected chi connectivity index (χ1v) is 16.7. The molecule has 0 saturated carbocycles. The monoisotopic (exact) mass is 648 g/mol. The van der Waals surface area contributed by atoms with Crippen molar-refractivity contribution in [3.63, 3.8) is 0 Å². The van der Waals surface area contributed by atoms with E-state index in [0.717, 1.165) is 37.3 Å². The molecule has 3 aromatic rings. The Kier molecular flexibility index (Phi) is 8.07. The number of rotatable bonds is 7. The molecule has 3 aromatic carbocycles. The number of hydrogen-bond donors (Lipinski definition) is 4. The van der Waals surface area contributed by atoms with Gasteiger partial charge in [0.05, 0.1) is 5.56 Å². The third kappa shape index (κ3) is 4.85. The molecular formula is C41H44O7. The van der Waals surface area contributed by atoms with Crippen LogP contribution in [0.2, 0.25) is 0 Å². The van der Waals surface area contributed by atoms with Gasteiger partial charge in [-0.2, -0.15) is 0 Å². The molecule has 0 radical (unpaired) electrons. The van der Waals surface area contributed by atoms with E-state index in [1.54, 1.807) is 13.0 Å². The number of phenols is 1. The van der Waals surface area contributed by atoms with Crippen LogP contribution in [0.25, 0.3) is 11.1 Å². The normalized spacial score (nSPS) is 26.8. The Morgan fingerprint density at radius 1 is 0.938 bits per heavy atom. The van der Waals surface area contributed by atoms with E-state index >= 15 is 0 Å². The fourth-order valence-electron chi connectivity index (χ4n) is 9.22. The van der Waals surface area contributed by atoms with Crippen LogP contribution in [0.1, 0.15) is 80.1 Å². The van der Waals surface area contributed by atoms with Gasteiger partial charge in [-0.05, 0) is 85.8 Å². The number of aliphatic hydroxyl groups excluding tert-OH is 2. The Morgan fingerprint density at radius 3 is 2.23 bits per heavy atom. The minimum atomic E-state index is -2.63. The van der Waals surface area contributed by atoms with E-state index in [-0.39, 0.29) is 35.6 Å². The fourth-order valence-corrected chi connectivity index (χ4v) is 9.22. The summed E-state index contributed by atoms with van der Waals surface area (Å²) >= 11 is 0. The molecule has 0 fully saturated rings. The van der Waals surface area contributed by atoms with Crippen LogP contribution in [0, 0.1) is 29.6 Å². The van der Waals surface area contributed by atoms with Crippen LogP contribution in [0.4, 0.5) is 0 Å². The first-order valence-electron chi connectivity index (χ1n) is 16.7. The number of Topliss-reactive ketones (excluding diaryl/α,β-unsaturated/α-hetero) is 3. The summed E-state index contributed by atoms with van der Waals surface area (Å²) < 4.78 is 0. The maximum atomic E-state index is 14.4. The first-order chi connectivity index (χ1) is 22.5. The number of ketones is 3. The zero-order valence-electron chi connectivity index (χ0n) is 28.5. The second-order valence-corrected chi connectivity index (χ2v) is 15.0. The SMILES string of the molecule is CC(=O)C1=C(O)C(C(C)C)[C@@]2(C)C[C@@]3(C)Cc4c(-c5ccc(CCCc6cccc(C)c6)cc5)ccc(O)c4C(=O)C3=C(O)[C@@]2(O)C1=O. The molecule has 0 spiro atoms. The van der Waals surface area contributed by atoms with Gasteiger partial charge in [0.25, 0.3) is 0 Å². The van der Waals surface area contributed by atoms with Crippen molar-refractivity contribution in [3.05, 3.63) is 111 Å². The maximum Gasteiger partial charge on any atom is 0.209 e. The second-order valence-electron chi connectivity index (χ2n) is 15.0. The van der Waals surface area contributed by atoms with Crippen LogP contribution in [0.5, 0.6) is 5.75 Å². The van der Waals surface area contributed by atoms with Crippen molar-refractivity contribution in [2.24, 2.45) is 22.7 Å². The molecule has 3 aliphatic carbocycles. The smallest absolute Gasteiger partial charge is 0.209 e. The zero-order valence-corrected chi connectivity index (χ0v) is 28.5. The Morgan fingerprint density at radius 2 is 1.60 bits per heavy atom. The van der Waals surface area contributed by atoms with E-state index in [9.17, 15) is 34.8 Å². The predicted octanol–water partition coefficient (Wildman–Crippen LogP) is 7.50. The number of carbonyl (C=O) groups excluding carboxylic acids is 3. The third-order valence-electron chi connectivity index (χ3n) is 11.2. The van der Waals surface area contributed by atoms with Crippen molar-refractivity contribution in [2.45, 2.75) is 79.2 Å². The second kappa shape index (κ2) is 11.6. The van der Waals surface area contributed by atoms with Gasteiger partial charge in [0, 0.05) is 22.3 Å². The standard InChI is InChI=1S/C41H44O7/c1-22(2)33-35(44)31(24(4)42)37(46)41(48)38(47)34-36(45)32-29(20-39(34,5)21-40(33,41)6)28(17-18-30(32)43)27-15-13-25(14-16-27)10-8-12-26-11-7-9-23(3)19-26/h7,9,11,13-19,22,33,43-44,47-48H,8,10,12,20-21H2,1-6H3/t33?,39-,40-,41+/m1/s1. The van der Waals surface area contributed by atoms with E-state index in [2.05, 4.69) is 43.3 Å². The maximum absolute atomic E-state index is 14.4. The number of aryl methyl sites for hydroxylation is 3. The molecule has 1 unspecified atom stereocenters. The van der Waals surface area contributed by atoms with E-state index in [1.165, 1.54) is 22.8 Å². The van der Waals surface area contributed by atoms with Crippen molar-refractivity contribution in [1.82, 2.24) is 0 Å². The number of carbonyl (C=O) groups is 3. The Balaban J connectivity index is 1.40. The van der Waals surface area contributed by atoms with Crippen molar-refractivity contribution < 1.29 is 34.8 Å². The summed E-state index contributed by atoms with van der Waals surface area (Å²) in [4.78, 5) is 40.9. The summed E-state index contributed by atoms with van der Waals surface area (Å²) in [6.45, 7) is 10.3. The van der Waals surface area contributed by atoms with E-state index in [4.69, 9.17) is 0 Å². The van der Waals surface area contributed by atoms with Gasteiger partial charge in [-0.3, -0.25) is 14.4 Å². The fraction of sp³-hybridized carbons (Fsp3) is 0.390. The van der Waals surface area contributed by atoms with Gasteiger partial charge in [0.2, 0.25) is 5.78 Å². The van der Waals surface area contributed by atoms with Crippen molar-refractivity contribution in [1.29, 1.82) is 0 Å². The minimum absolute atomic E-state index is 0.0230. The lowest BCUT2D eigenvalue weighted by molar-refractivity contribution is -0.171. The predicted molar refractivity (Wildman–Crippen MR) is 184 cm³/mol. The van der Waals surface area contributed by atoms with Gasteiger partial charge in [0.1, 0.15) is 22.8 Å². The molecule has 4 N–H and O–H groups in total. The molecule has 0 heterocycles. The number of fused-ring (bicyclic) bond motifs is 3. The highest BCUT2D eigenvalue weighted by Crippen LogP contribution is 2.65. The van der Waals surface area contributed by atoms with Crippen LogP contribution < -0.4 is 0 Å². The van der Waals surface area contributed by atoms with Gasteiger partial charge < -0.3 is 20.4 Å². The Bertz CT molecular complexity index is 1930. The number of allylic oxidation sites excluding steroid dienone is 2. The summed E-state index contributed by atoms with van der Waals surface area (Å²) in [5.74, 6) is -5.17. The lowest BCUT2D eigenvalue weighted by Gasteiger charge is -2.59. The van der Waals surface area contributed by atoms with Gasteiger partial charge >= 0.3 is 0 Å². The molecule has 250 valence electrons. The number of benzene rings is 3. The van der Waals surface area contributed by atoms with Crippen LogP contribution in [-0.2, 0) is 28.9 Å². The van der Waals surface area contributed by atoms with E-state index in [1.807, 2.05) is 32.9 Å². The summed E-state index contributed by atoms with van der Waals surface area (Å²) in [6.07, 6.45) is 3.19. The molecule has 6 rings (SSSR count). The minimum Gasteiger partial charge on any atom is -0.511 e. The molecule has 0 aliphatic heterocycles. The third-order valence-corrected chi connectivity index (χ3v) is 11.2. The quantitative estimate of drug-likeness (QED) is 0.195. The Hall–Kier alpha value is -4.49. The van der Waals surface area contributed by atoms with Crippen molar-refractivity contribution in [2.75, 3.05) is 0 Å². The molecule has 4 atom stereocenters. The van der Waals surface area contributed by atoms with E-state index in [0.29, 0.717) is 5.56 Å². The van der Waals surface area contributed by atoms with Gasteiger partial charge in [-0.1, -0.05) is 87.9 Å². The molecule has 7 nitrogen and oxygen atoms in total. The summed E-state index contributed by atoms with van der Waals surface area (Å²) in [7, 11) is 0. The first kappa shape index (κ1) is 33.4. The molecule has 7 heteroatoms. The summed E-state index contributed by atoms with van der Waals surface area (Å²) in [6, 6.07) is 20.0. The lowest BCUT2D eigenvalue weighted by atomic mass is 9.44. The van der Waals surface area contributed by atoms with E-state index < -0.39 is 56.8 Å². The largest absolute Gasteiger partial charge is 0.511 e. The number of phenolic OH excluding ortho intramolecular Hbond substituents is 1. The molecular weight excluding hydrogens is 604 g/mol. The average molecular weight is 649 g/mol. The lowest BCUT2D eigenvalue weighted by Crippen LogP contribution is -2.67. The Labute approximate surface area is 281 Å². The average Bonchev–Trinajstić information content (AvgIpc) is 2.99. The van der Waals surface area contributed by atoms with Crippen LogP contribution in [-0.4, -0.2) is 43.4 Å². The van der Waals surface area contributed by atoms with Crippen LogP contribution >= 0.6 is 0 Å². The van der Waals surface area contributed by atoms with Gasteiger partial charge in [-0.25, -0.2) is 0 Å². The highest BCUT2D eigenvalue weighted by atomic mass is 16.3. The highest BCUT2D eigenvalue weighted by molar-refractivity contribution is 6.25. The molecule has 0 bridgehead atoms. The summed E-state index contributed by atoms with van der Waals surface area (Å²) in [5.41, 5.74) is 0.184. The number of aromatic hydroxyl groups is 1.